The van der Waals surface area contributed by atoms with E-state index in [0.717, 1.165) is 16.4 Å². The van der Waals surface area contributed by atoms with Crippen LogP contribution in [-0.2, 0) is 51.5 Å². The molecule has 2 aromatic carbocycles. The van der Waals surface area contributed by atoms with Crippen LogP contribution >= 0.6 is 11.3 Å². The first kappa shape index (κ1) is 33.9. The number of carbonyl (C=O) groups is 4. The van der Waals surface area contributed by atoms with Crippen LogP contribution in [0.25, 0.3) is 0 Å². The van der Waals surface area contributed by atoms with Gasteiger partial charge in [-0.25, -0.2) is 19.6 Å². The second-order valence-electron chi connectivity index (χ2n) is 9.58. The van der Waals surface area contributed by atoms with Gasteiger partial charge in [-0.1, -0.05) is 5.16 Å². The van der Waals surface area contributed by atoms with E-state index in [1.807, 2.05) is 0 Å². The van der Waals surface area contributed by atoms with Gasteiger partial charge in [-0.2, -0.15) is 0 Å². The molecule has 0 radical (unpaired) electrons. The largest absolute Gasteiger partial charge is 0.459 e. The fraction of sp³-hybridized carbons (Fsp3) is 0.259. The molecule has 0 spiro atoms. The molecule has 246 valence electrons. The first-order valence-electron chi connectivity index (χ1n) is 13.4. The van der Waals surface area contributed by atoms with E-state index in [9.17, 15) is 39.4 Å². The number of ether oxygens (including phenoxy) is 2. The number of nitro groups is 2. The molecule has 2 atom stereocenters. The minimum atomic E-state index is -1.08. The van der Waals surface area contributed by atoms with Crippen molar-refractivity contribution in [3.63, 3.8) is 0 Å². The zero-order chi connectivity index (χ0) is 34.1. The van der Waals surface area contributed by atoms with Crippen molar-refractivity contribution in [2.75, 3.05) is 18.9 Å². The second-order valence-corrected chi connectivity index (χ2v) is 10.5. The standard InChI is InChI=1S/C27H25N7O12S/c1-15-23(26(38)32(15)46-13-22(36)44-11-17-4-8-19(9-5-17)34(41)42)30-25(37)24(20-14-47-27(28)29-20)31-45-12-21(35)43-10-16-2-6-18(7-3-16)33(39)40/h2-9,14-15,23H,10-13H2,1H3,(H2,28,29)(H,30,37)/b31-24-/t15-,23-/m0/s1. The van der Waals surface area contributed by atoms with Crippen LogP contribution in [0, 0.1) is 20.2 Å². The number of oxime groups is 1. The van der Waals surface area contributed by atoms with E-state index in [2.05, 4.69) is 15.5 Å². The van der Waals surface area contributed by atoms with Gasteiger partial charge in [0.25, 0.3) is 23.2 Å². The van der Waals surface area contributed by atoms with Crippen LogP contribution < -0.4 is 11.1 Å². The average molecular weight is 672 g/mol. The van der Waals surface area contributed by atoms with Crippen molar-refractivity contribution < 1.29 is 48.2 Å². The molecular formula is C27H25N7O12S. The summed E-state index contributed by atoms with van der Waals surface area (Å²) < 4.78 is 10.1. The number of anilines is 1. The van der Waals surface area contributed by atoms with Crippen molar-refractivity contribution >= 4 is 57.3 Å². The number of benzene rings is 2. The molecule has 0 unspecified atom stereocenters. The molecule has 2 heterocycles. The van der Waals surface area contributed by atoms with Gasteiger partial charge in [0, 0.05) is 29.6 Å². The summed E-state index contributed by atoms with van der Waals surface area (Å²) >= 11 is 1.00. The lowest BCUT2D eigenvalue weighted by Crippen LogP contribution is -2.70. The molecule has 4 rings (SSSR count). The van der Waals surface area contributed by atoms with E-state index in [4.69, 9.17) is 24.9 Å². The van der Waals surface area contributed by atoms with Gasteiger partial charge in [-0.15, -0.1) is 11.3 Å². The minimum Gasteiger partial charge on any atom is -0.459 e. The molecule has 19 nitrogen and oxygen atoms in total. The number of β-lactam (4-membered cyclic amide) rings is 1. The quantitative estimate of drug-likeness (QED) is 0.0761. The van der Waals surface area contributed by atoms with Gasteiger partial charge in [0.2, 0.25) is 6.61 Å². The lowest BCUT2D eigenvalue weighted by atomic mass is 10.00. The highest BCUT2D eigenvalue weighted by molar-refractivity contribution is 7.13. The first-order chi connectivity index (χ1) is 22.4. The monoisotopic (exact) mass is 671 g/mol. The van der Waals surface area contributed by atoms with Gasteiger partial charge in [0.1, 0.15) is 24.9 Å². The number of aromatic nitrogens is 1. The molecule has 3 N–H and O–H groups in total. The van der Waals surface area contributed by atoms with Gasteiger partial charge < -0.3 is 25.4 Å². The second kappa shape index (κ2) is 15.3. The Morgan fingerprint density at radius 2 is 1.49 bits per heavy atom. The Morgan fingerprint density at radius 1 is 0.957 bits per heavy atom. The van der Waals surface area contributed by atoms with E-state index in [-0.39, 0.29) is 35.4 Å². The lowest BCUT2D eigenvalue weighted by Gasteiger charge is -2.43. The predicted molar refractivity (Wildman–Crippen MR) is 159 cm³/mol. The van der Waals surface area contributed by atoms with E-state index >= 15 is 0 Å². The number of nitrogens with one attached hydrogen (secondary N) is 1. The first-order valence-corrected chi connectivity index (χ1v) is 14.3. The molecule has 1 saturated heterocycles. The summed E-state index contributed by atoms with van der Waals surface area (Å²) in [7, 11) is 0. The molecule has 3 aromatic rings. The highest BCUT2D eigenvalue weighted by Crippen LogP contribution is 2.21. The highest BCUT2D eigenvalue weighted by Gasteiger charge is 2.47. The third-order valence-corrected chi connectivity index (χ3v) is 7.03. The van der Waals surface area contributed by atoms with Crippen LogP contribution in [0.3, 0.4) is 0 Å². The van der Waals surface area contributed by atoms with Gasteiger partial charge in [0.05, 0.1) is 15.9 Å². The number of hydrogen-bond acceptors (Lipinski definition) is 16. The Bertz CT molecular complexity index is 1690. The normalized spacial score (nSPS) is 15.7. The molecular weight excluding hydrogens is 646 g/mol. The number of nitrogens with two attached hydrogens (primary N) is 1. The SMILES string of the molecule is C[C@H]1[C@H](NC(=O)/C(=N\OCC(=O)OCc2ccc([N+](=O)[O-])cc2)c2csc(N)n2)C(=O)N1OCC(=O)OCc1ccc([N+](=O)[O-])cc1. The molecule has 0 saturated carbocycles. The van der Waals surface area contributed by atoms with E-state index < -0.39 is 64.6 Å². The van der Waals surface area contributed by atoms with Gasteiger partial charge >= 0.3 is 11.9 Å². The molecule has 1 aliphatic rings. The number of thiazole rings is 1. The van der Waals surface area contributed by atoms with Crippen molar-refractivity contribution in [1.82, 2.24) is 15.4 Å². The number of nitro benzene ring substituents is 2. The smallest absolute Gasteiger partial charge is 0.347 e. The molecule has 2 amide bonds. The Balaban J connectivity index is 1.25. The number of hydroxylamine groups is 2. The van der Waals surface area contributed by atoms with Crippen molar-refractivity contribution in [2.24, 2.45) is 5.16 Å². The molecule has 1 aromatic heterocycles. The summed E-state index contributed by atoms with van der Waals surface area (Å²) in [5.41, 5.74) is 6.04. The Hall–Kier alpha value is -6.02. The van der Waals surface area contributed by atoms with Crippen LogP contribution in [0.5, 0.6) is 0 Å². The minimum absolute atomic E-state index is 0.00699. The maximum atomic E-state index is 13.1. The van der Waals surface area contributed by atoms with Crippen molar-refractivity contribution in [1.29, 1.82) is 0 Å². The number of non-ortho nitro benzene ring substituents is 2. The number of hydrogen-bond donors (Lipinski definition) is 2. The van der Waals surface area contributed by atoms with Crippen LogP contribution in [0.1, 0.15) is 23.7 Å². The number of esters is 2. The summed E-state index contributed by atoms with van der Waals surface area (Å²) in [6, 6.07) is 8.95. The molecule has 1 aliphatic heterocycles. The number of amides is 2. The zero-order valence-electron chi connectivity index (χ0n) is 24.3. The topological polar surface area (TPSA) is 258 Å². The zero-order valence-corrected chi connectivity index (χ0v) is 25.1. The summed E-state index contributed by atoms with van der Waals surface area (Å²) in [6.07, 6.45) is 0. The maximum Gasteiger partial charge on any atom is 0.347 e. The predicted octanol–water partition coefficient (Wildman–Crippen LogP) is 1.40. The summed E-state index contributed by atoms with van der Waals surface area (Å²) in [5.74, 6) is -3.23. The fourth-order valence-corrected chi connectivity index (χ4v) is 4.43. The van der Waals surface area contributed by atoms with Crippen LogP contribution in [0.15, 0.2) is 59.1 Å². The number of nitrogen functional groups attached to an aromatic ring is 1. The van der Waals surface area contributed by atoms with Gasteiger partial charge in [0.15, 0.2) is 17.5 Å². The number of carbonyl (C=O) groups excluding carboxylic acids is 4. The average Bonchev–Trinajstić information content (AvgIpc) is 3.49. The Labute approximate surface area is 268 Å². The lowest BCUT2D eigenvalue weighted by molar-refractivity contribution is -0.385. The number of nitrogens with zero attached hydrogens (tertiary/aromatic N) is 5. The molecule has 20 heteroatoms. The van der Waals surface area contributed by atoms with E-state index in [1.165, 1.54) is 53.9 Å². The van der Waals surface area contributed by atoms with Gasteiger partial charge in [-0.3, -0.25) is 34.7 Å². The van der Waals surface area contributed by atoms with Crippen LogP contribution in [0.4, 0.5) is 16.5 Å². The van der Waals surface area contributed by atoms with Crippen LogP contribution in [0.2, 0.25) is 0 Å². The van der Waals surface area contributed by atoms with Crippen molar-refractivity contribution in [2.45, 2.75) is 32.2 Å². The Morgan fingerprint density at radius 3 is 1.96 bits per heavy atom. The summed E-state index contributed by atoms with van der Waals surface area (Å²) in [4.78, 5) is 84.6. The molecule has 0 bridgehead atoms. The summed E-state index contributed by atoms with van der Waals surface area (Å²) in [6.45, 7) is -0.154. The van der Waals surface area contributed by atoms with E-state index in [0.29, 0.717) is 11.1 Å². The van der Waals surface area contributed by atoms with E-state index in [1.54, 1.807) is 6.92 Å². The molecule has 47 heavy (non-hydrogen) atoms. The summed E-state index contributed by atoms with van der Waals surface area (Å²) in [5, 5.41) is 30.1. The van der Waals surface area contributed by atoms with Gasteiger partial charge in [-0.05, 0) is 42.3 Å². The van der Waals surface area contributed by atoms with Crippen LogP contribution in [-0.4, -0.2) is 74.7 Å². The van der Waals surface area contributed by atoms with Crippen molar-refractivity contribution in [3.8, 4) is 0 Å². The highest BCUT2D eigenvalue weighted by atomic mass is 32.1. The van der Waals surface area contributed by atoms with Crippen molar-refractivity contribution in [3.05, 3.63) is 91.0 Å². The Kier molecular flexibility index (Phi) is 11.0. The third kappa shape index (κ3) is 9.02. The molecule has 0 aliphatic carbocycles. The number of rotatable bonds is 15. The maximum absolute atomic E-state index is 13.1. The fourth-order valence-electron chi connectivity index (χ4n) is 3.88. The molecule has 1 fully saturated rings. The third-order valence-electron chi connectivity index (χ3n) is 6.36.